The average molecular weight is 182 g/mol. The van der Waals surface area contributed by atoms with Gasteiger partial charge in [0.1, 0.15) is 0 Å². The molecule has 0 aromatic rings. The van der Waals surface area contributed by atoms with Crippen molar-refractivity contribution in [2.75, 3.05) is 0 Å². The molecular weight excluding hydrogens is 170 g/mol. The van der Waals surface area contributed by atoms with Gasteiger partial charge in [-0.05, 0) is 24.6 Å². The van der Waals surface area contributed by atoms with E-state index in [4.69, 9.17) is 0 Å². The highest BCUT2D eigenvalue weighted by atomic mass is 14.7. The molecule has 0 saturated carbocycles. The molecule has 14 heavy (non-hydrogen) atoms. The highest BCUT2D eigenvalue weighted by Crippen LogP contribution is 1.95. The minimum atomic E-state index is 0.320. The van der Waals surface area contributed by atoms with Gasteiger partial charge in [-0.2, -0.15) is 0 Å². The van der Waals surface area contributed by atoms with Crippen LogP contribution in [0.2, 0.25) is 0 Å². The summed E-state index contributed by atoms with van der Waals surface area (Å²) in [7, 11) is 0. The predicted octanol–water partition coefficient (Wildman–Crippen LogP) is 1.03. The van der Waals surface area contributed by atoms with E-state index >= 15 is 0 Å². The minimum absolute atomic E-state index is 0.320. The van der Waals surface area contributed by atoms with Crippen molar-refractivity contribution in [1.82, 2.24) is 10.5 Å². The van der Waals surface area contributed by atoms with Crippen molar-refractivity contribution in [2.45, 2.75) is 0 Å². The zero-order chi connectivity index (χ0) is 9.64. The molecule has 2 aliphatic heterocycles. The lowest BCUT2D eigenvalue weighted by atomic mass is 9.54. The third-order valence-electron chi connectivity index (χ3n) is 2.15. The van der Waals surface area contributed by atoms with Crippen molar-refractivity contribution < 1.29 is 0 Å². The van der Waals surface area contributed by atoms with E-state index in [2.05, 4.69) is 46.5 Å². The Kier molecular flexibility index (Phi) is 2.96. The first-order chi connectivity index (χ1) is 6.95. The van der Waals surface area contributed by atoms with Gasteiger partial charge in [0.15, 0.2) is 0 Å². The summed E-state index contributed by atoms with van der Waals surface area (Å²) in [5, 5.41) is 6.47. The van der Waals surface area contributed by atoms with E-state index in [9.17, 15) is 0 Å². The van der Waals surface area contributed by atoms with Gasteiger partial charge >= 0.3 is 13.7 Å². The number of rotatable bonds is 2. The van der Waals surface area contributed by atoms with Crippen LogP contribution in [0.5, 0.6) is 0 Å². The molecule has 0 fully saturated rings. The Morgan fingerprint density at radius 3 is 1.57 bits per heavy atom. The number of allylic oxidation sites excluding steroid dienone is 4. The zero-order valence-electron chi connectivity index (χ0n) is 7.93. The SMILES string of the molecule is C1=CNB(/C=C/B2C=CC=CN2)C=C1. The fourth-order valence-electron chi connectivity index (χ4n) is 1.40. The van der Waals surface area contributed by atoms with Crippen molar-refractivity contribution in [3.63, 3.8) is 0 Å². The lowest BCUT2D eigenvalue weighted by Crippen LogP contribution is -2.31. The summed E-state index contributed by atoms with van der Waals surface area (Å²) in [6.07, 6.45) is 12.0. The third kappa shape index (κ3) is 2.46. The van der Waals surface area contributed by atoms with Crippen molar-refractivity contribution in [3.05, 3.63) is 60.6 Å². The van der Waals surface area contributed by atoms with Crippen LogP contribution in [0.4, 0.5) is 0 Å². The van der Waals surface area contributed by atoms with Crippen LogP contribution in [0.3, 0.4) is 0 Å². The Labute approximate surface area is 85.4 Å². The van der Waals surface area contributed by atoms with Crippen LogP contribution in [0, 0.1) is 0 Å². The average Bonchev–Trinajstić information content (AvgIpc) is 2.29. The van der Waals surface area contributed by atoms with E-state index in [1.807, 2.05) is 24.6 Å². The lowest BCUT2D eigenvalue weighted by molar-refractivity contribution is 1.32. The fourth-order valence-corrected chi connectivity index (χ4v) is 1.40. The number of nitrogens with one attached hydrogen (secondary N) is 2. The van der Waals surface area contributed by atoms with Gasteiger partial charge in [-0.15, -0.1) is 0 Å². The molecule has 2 nitrogen and oxygen atoms in total. The molecule has 0 unspecified atom stereocenters. The molecule has 68 valence electrons. The molecule has 0 aromatic heterocycles. The Hall–Kier alpha value is -1.57. The Morgan fingerprint density at radius 1 is 0.714 bits per heavy atom. The van der Waals surface area contributed by atoms with Crippen molar-refractivity contribution >= 4 is 13.7 Å². The molecule has 0 atom stereocenters. The summed E-state index contributed by atoms with van der Waals surface area (Å²) < 4.78 is 0. The van der Waals surface area contributed by atoms with E-state index < -0.39 is 0 Å². The summed E-state index contributed by atoms with van der Waals surface area (Å²) in [4.78, 5) is 0. The van der Waals surface area contributed by atoms with Gasteiger partial charge < -0.3 is 10.5 Å². The monoisotopic (exact) mass is 182 g/mol. The lowest BCUT2D eigenvalue weighted by Gasteiger charge is -2.09. The van der Waals surface area contributed by atoms with Crippen LogP contribution in [0.1, 0.15) is 0 Å². The fraction of sp³-hybridized carbons (Fsp3) is 0. The largest absolute Gasteiger partial charge is 0.427 e. The van der Waals surface area contributed by atoms with Crippen LogP contribution in [0.25, 0.3) is 0 Å². The summed E-state index contributed by atoms with van der Waals surface area (Å²) in [6, 6.07) is 0. The molecule has 2 rings (SSSR count). The van der Waals surface area contributed by atoms with E-state index in [-0.39, 0.29) is 0 Å². The number of hydrogen-bond acceptors (Lipinski definition) is 2. The molecule has 0 spiro atoms. The molecule has 0 bridgehead atoms. The highest BCUT2D eigenvalue weighted by Gasteiger charge is 2.09. The molecule has 2 heterocycles. The minimum Gasteiger partial charge on any atom is -0.427 e. The summed E-state index contributed by atoms with van der Waals surface area (Å²) in [5.74, 6) is 8.56. The zero-order valence-corrected chi connectivity index (χ0v) is 7.93. The standard InChI is InChI=1S/C10H12B2N2/c1-3-9-13-11(5-1)7-8-12-6-2-4-10-14-12/h1-10,13-14H/b8-7+. The van der Waals surface area contributed by atoms with Gasteiger partial charge in [0.05, 0.1) is 0 Å². The predicted molar refractivity (Wildman–Crippen MR) is 63.5 cm³/mol. The molecule has 0 aliphatic carbocycles. The van der Waals surface area contributed by atoms with Gasteiger partial charge in [-0.1, -0.05) is 36.1 Å². The first-order valence-electron chi connectivity index (χ1n) is 4.82. The van der Waals surface area contributed by atoms with Crippen LogP contribution in [-0.4, -0.2) is 13.7 Å². The molecular formula is C10H12B2N2. The Morgan fingerprint density at radius 2 is 1.21 bits per heavy atom. The second-order valence-corrected chi connectivity index (χ2v) is 3.26. The van der Waals surface area contributed by atoms with E-state index in [0.29, 0.717) is 13.7 Å². The number of hydrogen-bond donors (Lipinski definition) is 2. The quantitative estimate of drug-likeness (QED) is 0.623. The van der Waals surface area contributed by atoms with Crippen molar-refractivity contribution in [2.24, 2.45) is 0 Å². The maximum atomic E-state index is 3.23. The summed E-state index contributed by atoms with van der Waals surface area (Å²) in [5.41, 5.74) is 0. The molecule has 0 saturated heterocycles. The third-order valence-corrected chi connectivity index (χ3v) is 2.15. The summed E-state index contributed by atoms with van der Waals surface area (Å²) >= 11 is 0. The van der Waals surface area contributed by atoms with Gasteiger partial charge in [0.2, 0.25) is 0 Å². The maximum Gasteiger partial charge on any atom is 0.304 e. The first kappa shape index (κ1) is 9.00. The Bertz CT molecular complexity index is 297. The van der Waals surface area contributed by atoms with Gasteiger partial charge in [-0.25, -0.2) is 0 Å². The van der Waals surface area contributed by atoms with Gasteiger partial charge in [0, 0.05) is 0 Å². The van der Waals surface area contributed by atoms with Crippen LogP contribution in [-0.2, 0) is 0 Å². The highest BCUT2D eigenvalue weighted by molar-refractivity contribution is 6.73. The molecule has 0 amide bonds. The van der Waals surface area contributed by atoms with Crippen molar-refractivity contribution in [3.8, 4) is 0 Å². The van der Waals surface area contributed by atoms with Crippen molar-refractivity contribution in [1.29, 1.82) is 0 Å². The second-order valence-electron chi connectivity index (χ2n) is 3.26. The van der Waals surface area contributed by atoms with E-state index in [0.717, 1.165) is 0 Å². The molecule has 4 heteroatoms. The molecule has 0 radical (unpaired) electrons. The van der Waals surface area contributed by atoms with Crippen LogP contribution < -0.4 is 10.5 Å². The van der Waals surface area contributed by atoms with Gasteiger partial charge in [-0.3, -0.25) is 0 Å². The van der Waals surface area contributed by atoms with Crippen LogP contribution >= 0.6 is 0 Å². The topological polar surface area (TPSA) is 24.1 Å². The normalized spacial score (nSPS) is 18.9. The molecule has 2 N–H and O–H groups in total. The van der Waals surface area contributed by atoms with Crippen LogP contribution in [0.15, 0.2) is 60.6 Å². The molecule has 0 aromatic carbocycles. The van der Waals surface area contributed by atoms with E-state index in [1.54, 1.807) is 0 Å². The Balaban J connectivity index is 1.87. The van der Waals surface area contributed by atoms with E-state index in [1.165, 1.54) is 0 Å². The smallest absolute Gasteiger partial charge is 0.304 e. The first-order valence-corrected chi connectivity index (χ1v) is 4.82. The second kappa shape index (κ2) is 4.61. The maximum absolute atomic E-state index is 3.23. The summed E-state index contributed by atoms with van der Waals surface area (Å²) in [6.45, 7) is 0.641. The molecule has 2 aliphatic rings. The van der Waals surface area contributed by atoms with Gasteiger partial charge in [0.25, 0.3) is 0 Å².